The van der Waals surface area contributed by atoms with Gasteiger partial charge in [0.1, 0.15) is 11.9 Å². The summed E-state index contributed by atoms with van der Waals surface area (Å²) in [6, 6.07) is 4.06. The van der Waals surface area contributed by atoms with Crippen molar-refractivity contribution in [3.05, 3.63) is 35.6 Å². The Morgan fingerprint density at radius 1 is 1.27 bits per heavy atom. The topological polar surface area (TPSA) is 69.6 Å². The van der Waals surface area contributed by atoms with Crippen molar-refractivity contribution in [2.24, 2.45) is 0 Å². The number of aliphatic hydroxyl groups excluding tert-OH is 1. The van der Waals surface area contributed by atoms with Crippen molar-refractivity contribution in [2.75, 3.05) is 31.2 Å². The Labute approximate surface area is 132 Å². The summed E-state index contributed by atoms with van der Waals surface area (Å²) in [4.78, 5) is 26.1. The molecule has 1 aromatic rings. The van der Waals surface area contributed by atoms with E-state index < -0.39 is 24.4 Å². The van der Waals surface area contributed by atoms with Gasteiger partial charge in [0.25, 0.3) is 5.91 Å². The molecule has 120 valence electrons. The van der Waals surface area contributed by atoms with Gasteiger partial charge in [-0.3, -0.25) is 9.59 Å². The lowest BCUT2D eigenvalue weighted by Gasteiger charge is -2.25. The lowest BCUT2D eigenvalue weighted by Crippen LogP contribution is -2.51. The highest BCUT2D eigenvalue weighted by molar-refractivity contribution is 7.99. The third kappa shape index (κ3) is 4.45. The summed E-state index contributed by atoms with van der Waals surface area (Å²) < 4.78 is 12.9. The molecule has 1 heterocycles. The maximum Gasteiger partial charge on any atom is 0.251 e. The highest BCUT2D eigenvalue weighted by atomic mass is 32.2. The Balaban J connectivity index is 1.99. The minimum Gasteiger partial charge on any atom is -0.394 e. The van der Waals surface area contributed by atoms with Gasteiger partial charge in [0.2, 0.25) is 5.91 Å². The number of aliphatic hydroxyl groups is 1. The van der Waals surface area contributed by atoms with E-state index in [4.69, 9.17) is 0 Å². The van der Waals surface area contributed by atoms with Gasteiger partial charge in [-0.2, -0.15) is 11.8 Å². The second-order valence-electron chi connectivity index (χ2n) is 5.01. The Bertz CT molecular complexity index is 516. The smallest absolute Gasteiger partial charge is 0.251 e. The van der Waals surface area contributed by atoms with E-state index in [-0.39, 0.29) is 11.5 Å². The Kier molecular flexibility index (Phi) is 6.21. The summed E-state index contributed by atoms with van der Waals surface area (Å²) in [5.41, 5.74) is 0.249. The zero-order valence-electron chi connectivity index (χ0n) is 12.1. The zero-order valence-corrected chi connectivity index (χ0v) is 12.9. The standard InChI is InChI=1S/C15H19FN2O3S/c16-12-4-2-11(3-5-12)14(20)17-13(10-19)15(21)18-6-1-8-22-9-7-18/h2-5,13,19H,1,6-10H2,(H,17,20)/t13-/m0/s1. The molecule has 2 N–H and O–H groups in total. The second kappa shape index (κ2) is 8.14. The fourth-order valence-electron chi connectivity index (χ4n) is 2.22. The van der Waals surface area contributed by atoms with Crippen LogP contribution in [-0.2, 0) is 4.79 Å². The normalized spacial score (nSPS) is 16.7. The van der Waals surface area contributed by atoms with Crippen molar-refractivity contribution in [1.82, 2.24) is 10.2 Å². The summed E-state index contributed by atoms with van der Waals surface area (Å²) in [7, 11) is 0. The van der Waals surface area contributed by atoms with Crippen LogP contribution in [0.4, 0.5) is 4.39 Å². The van der Waals surface area contributed by atoms with Crippen molar-refractivity contribution in [3.8, 4) is 0 Å². The number of rotatable bonds is 4. The summed E-state index contributed by atoms with van der Waals surface area (Å²) in [5, 5.41) is 11.9. The van der Waals surface area contributed by atoms with Crippen LogP contribution in [0.15, 0.2) is 24.3 Å². The van der Waals surface area contributed by atoms with E-state index in [0.717, 1.165) is 17.9 Å². The van der Waals surface area contributed by atoms with Crippen LogP contribution in [0.2, 0.25) is 0 Å². The molecular weight excluding hydrogens is 307 g/mol. The summed E-state index contributed by atoms with van der Waals surface area (Å²) in [6.07, 6.45) is 0.903. The maximum absolute atomic E-state index is 12.9. The van der Waals surface area contributed by atoms with Gasteiger partial charge in [0, 0.05) is 24.4 Å². The number of halogens is 1. The Morgan fingerprint density at radius 2 is 2.00 bits per heavy atom. The van der Waals surface area contributed by atoms with Gasteiger partial charge >= 0.3 is 0 Å². The average Bonchev–Trinajstić information content (AvgIpc) is 2.81. The van der Waals surface area contributed by atoms with E-state index >= 15 is 0 Å². The van der Waals surface area contributed by atoms with Gasteiger partial charge in [-0.1, -0.05) is 0 Å². The highest BCUT2D eigenvalue weighted by Crippen LogP contribution is 2.11. The monoisotopic (exact) mass is 326 g/mol. The van der Waals surface area contributed by atoms with Crippen LogP contribution in [-0.4, -0.2) is 59.1 Å². The first-order valence-electron chi connectivity index (χ1n) is 7.15. The number of nitrogens with zero attached hydrogens (tertiary/aromatic N) is 1. The van der Waals surface area contributed by atoms with Crippen LogP contribution in [0.1, 0.15) is 16.8 Å². The summed E-state index contributed by atoms with van der Waals surface area (Å²) in [5.74, 6) is 0.649. The third-order valence-corrected chi connectivity index (χ3v) is 4.47. The van der Waals surface area contributed by atoms with E-state index in [0.29, 0.717) is 13.1 Å². The molecule has 1 aliphatic rings. The Hall–Kier alpha value is -1.60. The molecule has 5 nitrogen and oxygen atoms in total. The first kappa shape index (κ1) is 16.8. The largest absolute Gasteiger partial charge is 0.394 e. The molecule has 0 spiro atoms. The van der Waals surface area contributed by atoms with Crippen molar-refractivity contribution in [3.63, 3.8) is 0 Å². The minimum atomic E-state index is -0.972. The predicted molar refractivity (Wildman–Crippen MR) is 83.3 cm³/mol. The highest BCUT2D eigenvalue weighted by Gasteiger charge is 2.26. The molecule has 2 amide bonds. The van der Waals surface area contributed by atoms with Gasteiger partial charge in [-0.15, -0.1) is 0 Å². The fraction of sp³-hybridized carbons (Fsp3) is 0.467. The molecule has 1 aromatic carbocycles. The zero-order chi connectivity index (χ0) is 15.9. The number of benzene rings is 1. The van der Waals surface area contributed by atoms with Gasteiger partial charge in [0.15, 0.2) is 0 Å². The van der Waals surface area contributed by atoms with Crippen LogP contribution in [0.5, 0.6) is 0 Å². The average molecular weight is 326 g/mol. The van der Waals surface area contributed by atoms with Gasteiger partial charge in [0.05, 0.1) is 6.61 Å². The molecule has 0 saturated carbocycles. The number of carbonyl (C=O) groups excluding carboxylic acids is 2. The van der Waals surface area contributed by atoms with E-state index in [1.165, 1.54) is 24.3 Å². The Morgan fingerprint density at radius 3 is 2.68 bits per heavy atom. The minimum absolute atomic E-state index is 0.249. The molecule has 1 saturated heterocycles. The second-order valence-corrected chi connectivity index (χ2v) is 6.23. The first-order valence-corrected chi connectivity index (χ1v) is 8.31. The van der Waals surface area contributed by atoms with E-state index in [9.17, 15) is 19.1 Å². The number of hydrogen-bond donors (Lipinski definition) is 2. The molecule has 1 atom stereocenters. The van der Waals surface area contributed by atoms with Gasteiger partial charge in [-0.25, -0.2) is 4.39 Å². The molecule has 0 aromatic heterocycles. The lowest BCUT2D eigenvalue weighted by molar-refractivity contribution is -0.133. The van der Waals surface area contributed by atoms with E-state index in [2.05, 4.69) is 5.32 Å². The maximum atomic E-state index is 12.9. The fourth-order valence-corrected chi connectivity index (χ4v) is 3.10. The number of amides is 2. The lowest BCUT2D eigenvalue weighted by atomic mass is 10.2. The van der Waals surface area contributed by atoms with Crippen LogP contribution in [0.25, 0.3) is 0 Å². The van der Waals surface area contributed by atoms with E-state index in [1.807, 2.05) is 0 Å². The quantitative estimate of drug-likeness (QED) is 0.862. The van der Waals surface area contributed by atoms with Crippen LogP contribution in [0, 0.1) is 5.82 Å². The molecule has 0 bridgehead atoms. The molecule has 1 fully saturated rings. The van der Waals surface area contributed by atoms with Crippen molar-refractivity contribution >= 4 is 23.6 Å². The molecule has 0 aliphatic carbocycles. The number of carbonyl (C=O) groups is 2. The van der Waals surface area contributed by atoms with Gasteiger partial charge < -0.3 is 15.3 Å². The first-order chi connectivity index (χ1) is 10.6. The van der Waals surface area contributed by atoms with Crippen LogP contribution >= 0.6 is 11.8 Å². The summed E-state index contributed by atoms with van der Waals surface area (Å²) in [6.45, 7) is 0.788. The molecule has 0 unspecified atom stereocenters. The molecule has 7 heteroatoms. The van der Waals surface area contributed by atoms with Crippen molar-refractivity contribution in [1.29, 1.82) is 0 Å². The molecule has 0 radical (unpaired) electrons. The van der Waals surface area contributed by atoms with Crippen molar-refractivity contribution in [2.45, 2.75) is 12.5 Å². The molecule has 22 heavy (non-hydrogen) atoms. The van der Waals surface area contributed by atoms with Gasteiger partial charge in [-0.05, 0) is 36.4 Å². The number of thioether (sulfide) groups is 1. The SMILES string of the molecule is O=C(N[C@@H](CO)C(=O)N1CCCSCC1)c1ccc(F)cc1. The van der Waals surface area contributed by atoms with Crippen LogP contribution < -0.4 is 5.32 Å². The molecular formula is C15H19FN2O3S. The molecule has 1 aliphatic heterocycles. The number of nitrogens with one attached hydrogen (secondary N) is 1. The summed E-state index contributed by atoms with van der Waals surface area (Å²) >= 11 is 1.79. The molecule has 2 rings (SSSR count). The van der Waals surface area contributed by atoms with E-state index in [1.54, 1.807) is 16.7 Å². The third-order valence-electron chi connectivity index (χ3n) is 3.43. The number of hydrogen-bond acceptors (Lipinski definition) is 4. The predicted octanol–water partition coefficient (Wildman–Crippen LogP) is 0.882. The van der Waals surface area contributed by atoms with Crippen molar-refractivity contribution < 1.29 is 19.1 Å². The van der Waals surface area contributed by atoms with Crippen LogP contribution in [0.3, 0.4) is 0 Å².